The molecule has 1 unspecified atom stereocenters. The quantitative estimate of drug-likeness (QED) is 0.836. The van der Waals surface area contributed by atoms with Crippen molar-refractivity contribution in [3.8, 4) is 5.75 Å². The molecule has 2 N–H and O–H groups in total. The molecule has 0 radical (unpaired) electrons. The number of alkyl halides is 1. The Kier molecular flexibility index (Phi) is 5.56. The molecule has 0 aliphatic rings. The van der Waals surface area contributed by atoms with Gasteiger partial charge in [0.15, 0.2) is 0 Å². The average Bonchev–Trinajstić information content (AvgIpc) is 2.28. The zero-order chi connectivity index (χ0) is 12.0. The Balaban J connectivity index is 2.66. The predicted molar refractivity (Wildman–Crippen MR) is 64.9 cm³/mol. The first kappa shape index (κ1) is 13.3. The minimum Gasteiger partial charge on any atom is -0.489 e. The summed E-state index contributed by atoms with van der Waals surface area (Å²) in [6.45, 7) is 1.57. The van der Waals surface area contributed by atoms with Crippen LogP contribution < -0.4 is 10.5 Å². The molecule has 1 rings (SSSR count). The Morgan fingerprint density at radius 2 is 2.25 bits per heavy atom. The van der Waals surface area contributed by atoms with E-state index in [0.29, 0.717) is 10.8 Å². The smallest absolute Gasteiger partial charge is 0.138 e. The molecule has 1 atom stereocenters. The van der Waals surface area contributed by atoms with E-state index >= 15 is 0 Å². The summed E-state index contributed by atoms with van der Waals surface area (Å²) >= 11 is 6.00. The van der Waals surface area contributed by atoms with E-state index in [4.69, 9.17) is 22.1 Å². The van der Waals surface area contributed by atoms with Gasteiger partial charge in [0.25, 0.3) is 0 Å². The number of ether oxygens (including phenoxy) is 1. The highest BCUT2D eigenvalue weighted by Gasteiger charge is 2.06. The molecule has 2 nitrogen and oxygen atoms in total. The van der Waals surface area contributed by atoms with E-state index in [1.165, 1.54) is 0 Å². The van der Waals surface area contributed by atoms with Crippen molar-refractivity contribution in [2.24, 2.45) is 5.73 Å². The lowest BCUT2D eigenvalue weighted by atomic mass is 10.0. The van der Waals surface area contributed by atoms with Gasteiger partial charge in [-0.3, -0.25) is 0 Å². The summed E-state index contributed by atoms with van der Waals surface area (Å²) in [7, 11) is 0. The van der Waals surface area contributed by atoms with E-state index in [0.717, 1.165) is 18.4 Å². The third kappa shape index (κ3) is 3.99. The summed E-state index contributed by atoms with van der Waals surface area (Å²) in [5, 5.41) is 0.509. The van der Waals surface area contributed by atoms with Gasteiger partial charge in [0.2, 0.25) is 0 Å². The summed E-state index contributed by atoms with van der Waals surface area (Å²) in [5.74, 6) is 0.521. The second kappa shape index (κ2) is 6.71. The molecular formula is C12H17ClFNO. The molecule has 90 valence electrons. The molecule has 0 spiro atoms. The highest BCUT2D eigenvalue weighted by atomic mass is 35.5. The molecule has 0 aliphatic heterocycles. The van der Waals surface area contributed by atoms with Gasteiger partial charge in [-0.15, -0.1) is 0 Å². The largest absolute Gasteiger partial charge is 0.489 e. The number of halogens is 2. The molecule has 0 heterocycles. The fourth-order valence-corrected chi connectivity index (χ4v) is 1.64. The van der Waals surface area contributed by atoms with E-state index < -0.39 is 6.67 Å². The van der Waals surface area contributed by atoms with E-state index in [1.54, 1.807) is 6.07 Å². The Bertz CT molecular complexity index is 333. The van der Waals surface area contributed by atoms with Gasteiger partial charge in [0.05, 0.1) is 5.02 Å². The van der Waals surface area contributed by atoms with Gasteiger partial charge >= 0.3 is 0 Å². The van der Waals surface area contributed by atoms with Gasteiger partial charge in [-0.2, -0.15) is 0 Å². The second-order valence-electron chi connectivity index (χ2n) is 3.67. The molecule has 0 saturated carbocycles. The molecule has 0 saturated heterocycles. The Morgan fingerprint density at radius 1 is 1.50 bits per heavy atom. The van der Waals surface area contributed by atoms with Crippen LogP contribution in [0.3, 0.4) is 0 Å². The number of benzene rings is 1. The number of hydrogen-bond donors (Lipinski definition) is 1. The molecule has 16 heavy (non-hydrogen) atoms. The fraction of sp³-hybridized carbons (Fsp3) is 0.500. The maximum absolute atomic E-state index is 11.9. The van der Waals surface area contributed by atoms with Crippen molar-refractivity contribution in [1.82, 2.24) is 0 Å². The summed E-state index contributed by atoms with van der Waals surface area (Å²) in [6.07, 6.45) is 1.72. The van der Waals surface area contributed by atoms with Crippen LogP contribution in [0.4, 0.5) is 4.39 Å². The normalized spacial score (nSPS) is 12.5. The van der Waals surface area contributed by atoms with Crippen LogP contribution in [0.2, 0.25) is 5.02 Å². The lowest BCUT2D eigenvalue weighted by Crippen LogP contribution is -2.21. The highest BCUT2D eigenvalue weighted by Crippen LogP contribution is 2.26. The number of rotatable bonds is 6. The van der Waals surface area contributed by atoms with Gasteiger partial charge in [-0.1, -0.05) is 24.6 Å². The minimum absolute atomic E-state index is 0.0353. The van der Waals surface area contributed by atoms with Gasteiger partial charge in [-0.05, 0) is 30.5 Å². The van der Waals surface area contributed by atoms with Crippen molar-refractivity contribution in [2.45, 2.75) is 25.8 Å². The van der Waals surface area contributed by atoms with Crippen LogP contribution in [-0.2, 0) is 6.42 Å². The standard InChI is InChI=1S/C12H17ClFNO/c1-2-10(15)7-9-3-4-12(11(13)8-9)16-6-5-14/h3-4,8,10H,2,5-7,15H2,1H3. The van der Waals surface area contributed by atoms with Crippen molar-refractivity contribution < 1.29 is 9.13 Å². The van der Waals surface area contributed by atoms with Crippen molar-refractivity contribution in [3.05, 3.63) is 28.8 Å². The number of hydrogen-bond acceptors (Lipinski definition) is 2. The summed E-state index contributed by atoms with van der Waals surface area (Å²) in [5.41, 5.74) is 6.93. The maximum Gasteiger partial charge on any atom is 0.138 e. The first-order chi connectivity index (χ1) is 7.67. The molecule has 0 bridgehead atoms. The first-order valence-electron chi connectivity index (χ1n) is 5.40. The predicted octanol–water partition coefficient (Wildman–Crippen LogP) is 2.97. The zero-order valence-electron chi connectivity index (χ0n) is 9.38. The second-order valence-corrected chi connectivity index (χ2v) is 4.08. The highest BCUT2D eigenvalue weighted by molar-refractivity contribution is 6.32. The summed E-state index contributed by atoms with van der Waals surface area (Å²) in [6, 6.07) is 5.64. The average molecular weight is 246 g/mol. The SMILES string of the molecule is CCC(N)Cc1ccc(OCCF)c(Cl)c1. The third-order valence-electron chi connectivity index (χ3n) is 2.35. The maximum atomic E-state index is 11.9. The molecular weight excluding hydrogens is 229 g/mol. The Morgan fingerprint density at radius 3 is 2.81 bits per heavy atom. The number of nitrogens with two attached hydrogens (primary N) is 1. The minimum atomic E-state index is -0.515. The lowest BCUT2D eigenvalue weighted by molar-refractivity contribution is 0.273. The Hall–Kier alpha value is -0.800. The van der Waals surface area contributed by atoms with Crippen LogP contribution in [-0.4, -0.2) is 19.3 Å². The molecule has 0 aromatic heterocycles. The van der Waals surface area contributed by atoms with Crippen molar-refractivity contribution in [2.75, 3.05) is 13.3 Å². The van der Waals surface area contributed by atoms with Gasteiger partial charge in [0, 0.05) is 6.04 Å². The van der Waals surface area contributed by atoms with E-state index in [2.05, 4.69) is 0 Å². The van der Waals surface area contributed by atoms with Crippen LogP contribution in [0, 0.1) is 0 Å². The molecule has 0 amide bonds. The van der Waals surface area contributed by atoms with Crippen LogP contribution in [0.1, 0.15) is 18.9 Å². The molecule has 0 aliphatic carbocycles. The Labute approximate surface area is 101 Å². The van der Waals surface area contributed by atoms with E-state index in [9.17, 15) is 4.39 Å². The van der Waals surface area contributed by atoms with Crippen LogP contribution in [0.15, 0.2) is 18.2 Å². The first-order valence-corrected chi connectivity index (χ1v) is 5.78. The van der Waals surface area contributed by atoms with E-state index in [1.807, 2.05) is 19.1 Å². The van der Waals surface area contributed by atoms with Crippen molar-refractivity contribution in [3.63, 3.8) is 0 Å². The van der Waals surface area contributed by atoms with Crippen LogP contribution in [0.25, 0.3) is 0 Å². The third-order valence-corrected chi connectivity index (χ3v) is 2.65. The van der Waals surface area contributed by atoms with Crippen LogP contribution >= 0.6 is 11.6 Å². The monoisotopic (exact) mass is 245 g/mol. The van der Waals surface area contributed by atoms with Gasteiger partial charge in [0.1, 0.15) is 19.0 Å². The van der Waals surface area contributed by atoms with Crippen molar-refractivity contribution in [1.29, 1.82) is 0 Å². The molecule has 1 aromatic rings. The van der Waals surface area contributed by atoms with Gasteiger partial charge in [-0.25, -0.2) is 4.39 Å². The summed E-state index contributed by atoms with van der Waals surface area (Å²) < 4.78 is 17.1. The van der Waals surface area contributed by atoms with Crippen molar-refractivity contribution >= 4 is 11.6 Å². The zero-order valence-corrected chi connectivity index (χ0v) is 10.1. The van der Waals surface area contributed by atoms with Crippen LogP contribution in [0.5, 0.6) is 5.75 Å². The van der Waals surface area contributed by atoms with E-state index in [-0.39, 0.29) is 12.6 Å². The topological polar surface area (TPSA) is 35.2 Å². The fourth-order valence-electron chi connectivity index (χ4n) is 1.38. The molecule has 1 aromatic carbocycles. The molecule has 4 heteroatoms. The van der Waals surface area contributed by atoms with Gasteiger partial charge < -0.3 is 10.5 Å². The lowest BCUT2D eigenvalue weighted by Gasteiger charge is -2.11. The summed E-state index contributed by atoms with van der Waals surface area (Å²) in [4.78, 5) is 0. The molecule has 0 fully saturated rings.